The molecule has 0 bridgehead atoms. The third-order valence-corrected chi connectivity index (χ3v) is 2.60. The molecule has 0 saturated heterocycles. The summed E-state index contributed by atoms with van der Waals surface area (Å²) in [4.78, 5) is 5.20. The Morgan fingerprint density at radius 3 is 2.61 bits per heavy atom. The second kappa shape index (κ2) is 5.43. The molecule has 1 rings (SSSR count). The molecule has 0 radical (unpaired) electrons. The van der Waals surface area contributed by atoms with Crippen molar-refractivity contribution < 1.29 is 17.9 Å². The first-order valence-electron chi connectivity index (χ1n) is 5.31. The van der Waals surface area contributed by atoms with Crippen molar-refractivity contribution in [3.8, 4) is 0 Å². The molecule has 4 nitrogen and oxygen atoms in total. The minimum absolute atomic E-state index is 0.0149. The van der Waals surface area contributed by atoms with Gasteiger partial charge >= 0.3 is 6.18 Å². The zero-order valence-electron chi connectivity index (χ0n) is 10.5. The number of nitrogens with two attached hydrogens (primary N) is 1. The summed E-state index contributed by atoms with van der Waals surface area (Å²) in [6.45, 7) is 2.06. The van der Waals surface area contributed by atoms with Gasteiger partial charge in [0.25, 0.3) is 0 Å². The molecule has 0 aliphatic carbocycles. The Hall–Kier alpha value is -1.50. The Balaban J connectivity index is 3.15. The number of hydrogen-bond donors (Lipinski definition) is 1. The second-order valence-corrected chi connectivity index (χ2v) is 4.05. The maximum atomic E-state index is 12.9. The highest BCUT2D eigenvalue weighted by Crippen LogP contribution is 2.36. The quantitative estimate of drug-likeness (QED) is 0.904. The average molecular weight is 263 g/mol. The summed E-state index contributed by atoms with van der Waals surface area (Å²) in [7, 11) is 3.03. The van der Waals surface area contributed by atoms with Crippen molar-refractivity contribution in [1.29, 1.82) is 0 Å². The first-order valence-corrected chi connectivity index (χ1v) is 5.31. The highest BCUT2D eigenvalue weighted by atomic mass is 19.4. The van der Waals surface area contributed by atoms with E-state index in [1.807, 2.05) is 0 Å². The average Bonchev–Trinajstić information content (AvgIpc) is 2.27. The van der Waals surface area contributed by atoms with E-state index in [1.54, 1.807) is 6.92 Å². The topological polar surface area (TPSA) is 51.4 Å². The maximum absolute atomic E-state index is 12.9. The monoisotopic (exact) mass is 263 g/mol. The van der Waals surface area contributed by atoms with Crippen LogP contribution in [0.3, 0.4) is 0 Å². The standard InChI is InChI=1S/C11H16F3N3O/c1-7(6-18-3)17(2)10-9(11(12,13)14)4-8(15)5-16-10/h4-5,7H,6,15H2,1-3H3/t7-/m1/s1. The number of alkyl halides is 3. The number of methoxy groups -OCH3 is 1. The number of pyridine rings is 1. The van der Waals surface area contributed by atoms with E-state index in [0.717, 1.165) is 6.07 Å². The van der Waals surface area contributed by atoms with Crippen LogP contribution in [0.2, 0.25) is 0 Å². The molecule has 102 valence electrons. The highest BCUT2D eigenvalue weighted by molar-refractivity contribution is 5.54. The van der Waals surface area contributed by atoms with Crippen LogP contribution in [0.5, 0.6) is 0 Å². The Morgan fingerprint density at radius 2 is 2.11 bits per heavy atom. The van der Waals surface area contributed by atoms with Gasteiger partial charge < -0.3 is 15.4 Å². The van der Waals surface area contributed by atoms with Crippen LogP contribution in [0.4, 0.5) is 24.7 Å². The number of hydrogen-bond acceptors (Lipinski definition) is 4. The third kappa shape index (κ3) is 3.25. The number of anilines is 2. The van der Waals surface area contributed by atoms with Gasteiger partial charge in [0.1, 0.15) is 11.4 Å². The van der Waals surface area contributed by atoms with E-state index in [4.69, 9.17) is 10.5 Å². The van der Waals surface area contributed by atoms with Crippen LogP contribution in [0.15, 0.2) is 12.3 Å². The van der Waals surface area contributed by atoms with E-state index in [9.17, 15) is 13.2 Å². The van der Waals surface area contributed by atoms with Crippen molar-refractivity contribution in [2.45, 2.75) is 19.1 Å². The van der Waals surface area contributed by atoms with Gasteiger partial charge in [-0.15, -0.1) is 0 Å². The lowest BCUT2D eigenvalue weighted by Crippen LogP contribution is -2.34. The number of halogens is 3. The molecule has 1 aromatic heterocycles. The number of rotatable bonds is 4. The first kappa shape index (κ1) is 14.6. The molecule has 0 fully saturated rings. The molecule has 1 aromatic rings. The lowest BCUT2D eigenvalue weighted by atomic mass is 10.2. The largest absolute Gasteiger partial charge is 0.420 e. The van der Waals surface area contributed by atoms with E-state index in [-0.39, 0.29) is 17.5 Å². The van der Waals surface area contributed by atoms with Crippen molar-refractivity contribution in [2.24, 2.45) is 0 Å². The van der Waals surface area contributed by atoms with Crippen molar-refractivity contribution in [1.82, 2.24) is 4.98 Å². The van der Waals surface area contributed by atoms with Crippen molar-refractivity contribution in [3.63, 3.8) is 0 Å². The fraction of sp³-hybridized carbons (Fsp3) is 0.545. The lowest BCUT2D eigenvalue weighted by molar-refractivity contribution is -0.137. The van der Waals surface area contributed by atoms with Crippen LogP contribution >= 0.6 is 0 Å². The van der Waals surface area contributed by atoms with Crippen LogP contribution in [0.25, 0.3) is 0 Å². The lowest BCUT2D eigenvalue weighted by Gasteiger charge is -2.27. The molecule has 0 saturated carbocycles. The number of nitrogens with zero attached hydrogens (tertiary/aromatic N) is 2. The molecule has 0 aliphatic heterocycles. The van der Waals surface area contributed by atoms with Crippen LogP contribution in [-0.4, -0.2) is 31.8 Å². The van der Waals surface area contributed by atoms with Crippen molar-refractivity contribution in [3.05, 3.63) is 17.8 Å². The predicted molar refractivity (Wildman–Crippen MR) is 63.4 cm³/mol. The predicted octanol–water partition coefficient (Wildman–Crippen LogP) is 2.15. The summed E-state index contributed by atoms with van der Waals surface area (Å²) in [5.41, 5.74) is 4.50. The number of aromatic nitrogens is 1. The van der Waals surface area contributed by atoms with Crippen molar-refractivity contribution in [2.75, 3.05) is 31.4 Å². The summed E-state index contributed by atoms with van der Waals surface area (Å²) in [5, 5.41) is 0. The van der Waals surface area contributed by atoms with E-state index >= 15 is 0 Å². The number of ether oxygens (including phenoxy) is 1. The van der Waals surface area contributed by atoms with E-state index in [0.29, 0.717) is 6.61 Å². The summed E-state index contributed by atoms with van der Waals surface area (Å²) in [6.07, 6.45) is -3.28. The molecular weight excluding hydrogens is 247 g/mol. The molecule has 0 aromatic carbocycles. The Kier molecular flexibility index (Phi) is 4.39. The van der Waals surface area contributed by atoms with Crippen LogP contribution < -0.4 is 10.6 Å². The molecule has 1 heterocycles. The van der Waals surface area contributed by atoms with Crippen molar-refractivity contribution >= 4 is 11.5 Å². The molecule has 1 atom stereocenters. The van der Waals surface area contributed by atoms with Crippen LogP contribution in [0, 0.1) is 0 Å². The third-order valence-electron chi connectivity index (χ3n) is 2.60. The Morgan fingerprint density at radius 1 is 1.50 bits per heavy atom. The van der Waals surface area contributed by atoms with Gasteiger partial charge in [0.2, 0.25) is 0 Å². The van der Waals surface area contributed by atoms with Gasteiger partial charge in [0.05, 0.1) is 24.5 Å². The molecule has 18 heavy (non-hydrogen) atoms. The molecule has 0 spiro atoms. The molecule has 0 aliphatic rings. The van der Waals surface area contributed by atoms with Gasteiger partial charge in [0.15, 0.2) is 0 Å². The zero-order chi connectivity index (χ0) is 13.9. The number of likely N-dealkylation sites (N-methyl/N-ethyl adjacent to an activating group) is 1. The van der Waals surface area contributed by atoms with Crippen LogP contribution in [0.1, 0.15) is 12.5 Å². The van der Waals surface area contributed by atoms with Gasteiger partial charge in [-0.25, -0.2) is 4.98 Å². The van der Waals surface area contributed by atoms with Gasteiger partial charge in [-0.2, -0.15) is 13.2 Å². The van der Waals surface area contributed by atoms with Gasteiger partial charge in [-0.3, -0.25) is 0 Å². The van der Waals surface area contributed by atoms with Gasteiger partial charge in [-0.1, -0.05) is 0 Å². The summed E-state index contributed by atoms with van der Waals surface area (Å²) < 4.78 is 43.6. The van der Waals surface area contributed by atoms with Gasteiger partial charge in [0, 0.05) is 14.2 Å². The van der Waals surface area contributed by atoms with E-state index in [2.05, 4.69) is 4.98 Å². The SMILES string of the molecule is COC[C@@H](C)N(C)c1ncc(N)cc1C(F)(F)F. The molecule has 0 amide bonds. The minimum atomic E-state index is -4.49. The first-order chi connectivity index (χ1) is 8.27. The smallest absolute Gasteiger partial charge is 0.397 e. The summed E-state index contributed by atoms with van der Waals surface area (Å²) in [5.74, 6) is -0.152. The zero-order valence-corrected chi connectivity index (χ0v) is 10.5. The van der Waals surface area contributed by atoms with E-state index < -0.39 is 11.7 Å². The molecule has 0 unspecified atom stereocenters. The second-order valence-electron chi connectivity index (χ2n) is 4.05. The minimum Gasteiger partial charge on any atom is -0.397 e. The summed E-state index contributed by atoms with van der Waals surface area (Å²) >= 11 is 0. The molecular formula is C11H16F3N3O. The highest BCUT2D eigenvalue weighted by Gasteiger charge is 2.36. The fourth-order valence-corrected chi connectivity index (χ4v) is 1.53. The van der Waals surface area contributed by atoms with E-state index in [1.165, 1.54) is 25.3 Å². The Labute approximate surface area is 104 Å². The van der Waals surface area contributed by atoms with Crippen LogP contribution in [-0.2, 0) is 10.9 Å². The maximum Gasteiger partial charge on any atom is 0.420 e. The normalized spacial score (nSPS) is 13.4. The fourth-order valence-electron chi connectivity index (χ4n) is 1.53. The summed E-state index contributed by atoms with van der Waals surface area (Å²) in [6, 6.07) is 0.658. The molecule has 7 heteroatoms. The molecule has 2 N–H and O–H groups in total. The number of nitrogen functional groups attached to an aromatic ring is 1. The van der Waals surface area contributed by atoms with Gasteiger partial charge in [-0.05, 0) is 13.0 Å². The Bertz CT molecular complexity index is 409.